The Hall–Kier alpha value is -1.17. The Balaban J connectivity index is 2.38. The Bertz CT molecular complexity index is 455. The molecule has 100 valence electrons. The largest absolute Gasteiger partial charge is 0.315 e. The van der Waals surface area contributed by atoms with Crippen molar-refractivity contribution in [1.29, 1.82) is 0 Å². The fraction of sp³-hybridized carbons (Fsp3) is 0.385. The van der Waals surface area contributed by atoms with E-state index in [0.717, 1.165) is 18.5 Å². The van der Waals surface area contributed by atoms with Crippen LogP contribution in [0.5, 0.6) is 0 Å². The highest BCUT2D eigenvalue weighted by atomic mass is 32.2. The Morgan fingerprint density at radius 2 is 1.83 bits per heavy atom. The first kappa shape index (κ1) is 14.9. The number of benzene rings is 1. The van der Waals surface area contributed by atoms with E-state index < -0.39 is 10.0 Å². The third-order valence-corrected chi connectivity index (χ3v) is 3.37. The lowest BCUT2D eigenvalue weighted by Crippen LogP contribution is -2.30. The molecule has 2 N–H and O–H groups in total. The summed E-state index contributed by atoms with van der Waals surface area (Å²) in [7, 11) is -3.34. The number of hydrogen-bond acceptors (Lipinski definition) is 3. The smallest absolute Gasteiger partial charge is 0.233 e. The van der Waals surface area contributed by atoms with Crippen LogP contribution >= 0.6 is 0 Å². The van der Waals surface area contributed by atoms with Gasteiger partial charge in [0.05, 0.1) is 0 Å². The van der Waals surface area contributed by atoms with Gasteiger partial charge in [0.1, 0.15) is 0 Å². The molecule has 0 heterocycles. The molecule has 0 radical (unpaired) electrons. The molecule has 0 aliphatic rings. The highest BCUT2D eigenvalue weighted by Crippen LogP contribution is 2.02. The van der Waals surface area contributed by atoms with E-state index in [-0.39, 0.29) is 0 Å². The first-order valence-electron chi connectivity index (χ1n) is 6.07. The van der Waals surface area contributed by atoms with E-state index in [9.17, 15) is 8.42 Å². The van der Waals surface area contributed by atoms with Crippen molar-refractivity contribution in [2.24, 2.45) is 0 Å². The van der Waals surface area contributed by atoms with Crippen molar-refractivity contribution in [3.05, 3.63) is 41.3 Å². The van der Waals surface area contributed by atoms with Crippen LogP contribution in [0.2, 0.25) is 0 Å². The fourth-order valence-corrected chi connectivity index (χ4v) is 2.18. The summed E-state index contributed by atoms with van der Waals surface area (Å²) in [5.41, 5.74) is 0.868. The van der Waals surface area contributed by atoms with Crippen molar-refractivity contribution in [1.82, 2.24) is 10.0 Å². The summed E-state index contributed by atoms with van der Waals surface area (Å²) < 4.78 is 25.7. The highest BCUT2D eigenvalue weighted by molar-refractivity contribution is 7.92. The average Bonchev–Trinajstić information content (AvgIpc) is 2.38. The van der Waals surface area contributed by atoms with E-state index in [1.54, 1.807) is 6.08 Å². The molecular weight excluding hydrogens is 248 g/mol. The van der Waals surface area contributed by atoms with Crippen molar-refractivity contribution < 1.29 is 8.42 Å². The summed E-state index contributed by atoms with van der Waals surface area (Å²) in [5.74, 6) is 0. The quantitative estimate of drug-likeness (QED) is 0.704. The molecule has 1 rings (SSSR count). The van der Waals surface area contributed by atoms with Crippen LogP contribution in [0.25, 0.3) is 6.08 Å². The summed E-state index contributed by atoms with van der Waals surface area (Å²) >= 11 is 0. The molecule has 1 aromatic rings. The van der Waals surface area contributed by atoms with Gasteiger partial charge in [0.15, 0.2) is 0 Å². The molecule has 0 unspecified atom stereocenters. The van der Waals surface area contributed by atoms with E-state index in [0.29, 0.717) is 13.1 Å². The van der Waals surface area contributed by atoms with Gasteiger partial charge in [0, 0.05) is 18.5 Å². The van der Waals surface area contributed by atoms with Crippen LogP contribution in [-0.2, 0) is 10.0 Å². The van der Waals surface area contributed by atoms with Gasteiger partial charge in [-0.05, 0) is 24.6 Å². The average molecular weight is 268 g/mol. The third kappa shape index (κ3) is 6.54. The predicted octanol–water partition coefficient (Wildman–Crippen LogP) is 1.58. The lowest BCUT2D eigenvalue weighted by molar-refractivity contribution is 0.584. The summed E-state index contributed by atoms with van der Waals surface area (Å²) in [6.45, 7) is 4.02. The van der Waals surface area contributed by atoms with Crippen LogP contribution in [-0.4, -0.2) is 28.1 Å². The second-order valence-electron chi connectivity index (χ2n) is 3.90. The lowest BCUT2D eigenvalue weighted by atomic mass is 10.2. The summed E-state index contributed by atoms with van der Waals surface area (Å²) in [5, 5.41) is 4.33. The van der Waals surface area contributed by atoms with Gasteiger partial charge in [0.25, 0.3) is 0 Å². The Labute approximate surface area is 109 Å². The first-order chi connectivity index (χ1) is 8.64. The molecule has 0 saturated heterocycles. The van der Waals surface area contributed by atoms with E-state index in [4.69, 9.17) is 0 Å². The zero-order valence-corrected chi connectivity index (χ0v) is 11.4. The molecule has 18 heavy (non-hydrogen) atoms. The molecular formula is C13H20N2O2S. The number of hydrogen-bond donors (Lipinski definition) is 2. The van der Waals surface area contributed by atoms with Gasteiger partial charge in [-0.25, -0.2) is 13.1 Å². The first-order valence-corrected chi connectivity index (χ1v) is 7.62. The van der Waals surface area contributed by atoms with Gasteiger partial charge in [-0.15, -0.1) is 0 Å². The zero-order chi connectivity index (χ0) is 13.3. The van der Waals surface area contributed by atoms with Gasteiger partial charge in [-0.3, -0.25) is 0 Å². The maximum atomic E-state index is 11.6. The summed E-state index contributed by atoms with van der Waals surface area (Å²) in [4.78, 5) is 0. The second kappa shape index (κ2) is 8.02. The zero-order valence-electron chi connectivity index (χ0n) is 10.6. The van der Waals surface area contributed by atoms with E-state index in [1.165, 1.54) is 5.41 Å². The van der Waals surface area contributed by atoms with Gasteiger partial charge < -0.3 is 5.32 Å². The normalized spacial score (nSPS) is 12.1. The lowest BCUT2D eigenvalue weighted by Gasteiger charge is -2.03. The van der Waals surface area contributed by atoms with Gasteiger partial charge in [-0.1, -0.05) is 37.3 Å². The van der Waals surface area contributed by atoms with Crippen molar-refractivity contribution in [2.45, 2.75) is 13.3 Å². The number of sulfonamides is 1. The molecule has 0 aromatic heterocycles. The topological polar surface area (TPSA) is 58.2 Å². The van der Waals surface area contributed by atoms with Crippen LogP contribution in [0, 0.1) is 0 Å². The maximum absolute atomic E-state index is 11.6. The van der Waals surface area contributed by atoms with Crippen molar-refractivity contribution in [3.8, 4) is 0 Å². The molecule has 0 aliphatic heterocycles. The summed E-state index contributed by atoms with van der Waals surface area (Å²) in [6.07, 6.45) is 2.63. The van der Waals surface area contributed by atoms with Gasteiger partial charge >= 0.3 is 0 Å². The Kier molecular flexibility index (Phi) is 6.64. The van der Waals surface area contributed by atoms with Crippen LogP contribution in [0.3, 0.4) is 0 Å². The minimum atomic E-state index is -3.34. The molecule has 4 nitrogen and oxygen atoms in total. The minimum Gasteiger partial charge on any atom is -0.315 e. The molecule has 0 aliphatic carbocycles. The molecule has 1 aromatic carbocycles. The third-order valence-electron chi connectivity index (χ3n) is 2.27. The highest BCUT2D eigenvalue weighted by Gasteiger charge is 2.02. The SMILES string of the molecule is CCCNCCNS(=O)(=O)C=Cc1ccccc1. The van der Waals surface area contributed by atoms with Crippen molar-refractivity contribution in [2.75, 3.05) is 19.6 Å². The standard InChI is InChI=1S/C13H20N2O2S/c1-2-9-14-10-11-15-18(16,17)12-8-13-6-4-3-5-7-13/h3-8,12,14-15H,2,9-11H2,1H3. The molecule has 5 heteroatoms. The minimum absolute atomic E-state index is 0.404. The summed E-state index contributed by atoms with van der Waals surface area (Å²) in [6, 6.07) is 9.34. The Morgan fingerprint density at radius 3 is 2.50 bits per heavy atom. The molecule has 0 fully saturated rings. The second-order valence-corrected chi connectivity index (χ2v) is 5.55. The van der Waals surface area contributed by atoms with Crippen LogP contribution in [0.1, 0.15) is 18.9 Å². The van der Waals surface area contributed by atoms with Crippen molar-refractivity contribution in [3.63, 3.8) is 0 Å². The van der Waals surface area contributed by atoms with Crippen LogP contribution in [0.15, 0.2) is 35.7 Å². The molecule has 0 bridgehead atoms. The molecule has 0 atom stereocenters. The van der Waals surface area contributed by atoms with Crippen LogP contribution in [0.4, 0.5) is 0 Å². The molecule has 0 amide bonds. The molecule has 0 saturated carbocycles. The van der Waals surface area contributed by atoms with E-state index in [1.807, 2.05) is 30.3 Å². The number of rotatable bonds is 8. The van der Waals surface area contributed by atoms with Crippen molar-refractivity contribution >= 4 is 16.1 Å². The number of nitrogens with one attached hydrogen (secondary N) is 2. The van der Waals surface area contributed by atoms with E-state index in [2.05, 4.69) is 17.0 Å². The van der Waals surface area contributed by atoms with E-state index >= 15 is 0 Å². The monoisotopic (exact) mass is 268 g/mol. The maximum Gasteiger partial charge on any atom is 0.233 e. The van der Waals surface area contributed by atoms with Gasteiger partial charge in [-0.2, -0.15) is 0 Å². The van der Waals surface area contributed by atoms with Gasteiger partial charge in [0.2, 0.25) is 10.0 Å². The Morgan fingerprint density at radius 1 is 1.11 bits per heavy atom. The fourth-order valence-electron chi connectivity index (χ4n) is 1.36. The van der Waals surface area contributed by atoms with Crippen LogP contribution < -0.4 is 10.0 Å². The predicted molar refractivity (Wildman–Crippen MR) is 75.6 cm³/mol. The molecule has 0 spiro atoms.